The normalized spacial score (nSPS) is 9.95. The molecule has 0 aliphatic heterocycles. The van der Waals surface area contributed by atoms with Crippen molar-refractivity contribution >= 4 is 11.4 Å². The third-order valence-corrected chi connectivity index (χ3v) is 2.82. The molecule has 0 amide bonds. The zero-order chi connectivity index (χ0) is 15.4. The van der Waals surface area contributed by atoms with E-state index in [-0.39, 0.29) is 17.7 Å². The molecule has 0 heterocycles. The molecule has 106 valence electrons. The molecule has 0 aliphatic rings. The number of hydrogen-bond acceptors (Lipinski definition) is 4. The summed E-state index contributed by atoms with van der Waals surface area (Å²) in [6, 6.07) is 9.34. The van der Waals surface area contributed by atoms with E-state index >= 15 is 0 Å². The van der Waals surface area contributed by atoms with Crippen molar-refractivity contribution in [3.05, 3.63) is 69.3 Å². The van der Waals surface area contributed by atoms with Crippen LogP contribution in [-0.4, -0.2) is 4.92 Å². The minimum Gasteiger partial charge on any atom is -0.381 e. The smallest absolute Gasteiger partial charge is 0.305 e. The van der Waals surface area contributed by atoms with Gasteiger partial charge in [-0.2, -0.15) is 9.65 Å². The Labute approximate surface area is 118 Å². The molecule has 2 aromatic carbocycles. The highest BCUT2D eigenvalue weighted by atomic mass is 19.1. The van der Waals surface area contributed by atoms with Crippen LogP contribution in [0.5, 0.6) is 0 Å². The predicted octanol–water partition coefficient (Wildman–Crippen LogP) is 3.36. The average Bonchev–Trinajstić information content (AvgIpc) is 2.47. The molecule has 0 aliphatic carbocycles. The van der Waals surface area contributed by atoms with Gasteiger partial charge in [0, 0.05) is 23.9 Å². The number of rotatable bonds is 4. The second-order valence-electron chi connectivity index (χ2n) is 4.17. The molecule has 0 spiro atoms. The fourth-order valence-corrected chi connectivity index (χ4v) is 1.76. The molecule has 0 unspecified atom stereocenters. The van der Waals surface area contributed by atoms with Gasteiger partial charge in [-0.1, -0.05) is 12.1 Å². The number of nitro groups is 1. The van der Waals surface area contributed by atoms with Crippen molar-refractivity contribution in [1.82, 2.24) is 0 Å². The summed E-state index contributed by atoms with van der Waals surface area (Å²) in [5, 5.41) is 22.1. The van der Waals surface area contributed by atoms with Gasteiger partial charge >= 0.3 is 5.69 Å². The second-order valence-corrected chi connectivity index (χ2v) is 4.17. The van der Waals surface area contributed by atoms with Crippen molar-refractivity contribution in [3.8, 4) is 6.07 Å². The minimum atomic E-state index is -0.919. The average molecular weight is 289 g/mol. The summed E-state index contributed by atoms with van der Waals surface area (Å²) in [5.41, 5.74) is -0.225. The maximum atomic E-state index is 13.8. The lowest BCUT2D eigenvalue weighted by molar-refractivity contribution is -0.387. The Hall–Kier alpha value is -3.01. The van der Waals surface area contributed by atoms with Crippen LogP contribution < -0.4 is 5.32 Å². The summed E-state index contributed by atoms with van der Waals surface area (Å²) in [6.07, 6.45) is 0. The van der Waals surface area contributed by atoms with E-state index in [0.29, 0.717) is 5.69 Å². The van der Waals surface area contributed by atoms with E-state index < -0.39 is 22.2 Å². The zero-order valence-electron chi connectivity index (χ0n) is 10.6. The quantitative estimate of drug-likeness (QED) is 0.691. The number of nitro benzene ring substituents is 1. The summed E-state index contributed by atoms with van der Waals surface area (Å²) < 4.78 is 27.0. The molecule has 0 bridgehead atoms. The van der Waals surface area contributed by atoms with E-state index in [1.54, 1.807) is 6.07 Å². The topological polar surface area (TPSA) is 79.0 Å². The molecule has 1 N–H and O–H groups in total. The summed E-state index contributed by atoms with van der Waals surface area (Å²) in [5.74, 6) is -1.57. The number of anilines is 1. The van der Waals surface area contributed by atoms with E-state index in [0.717, 1.165) is 12.1 Å². The summed E-state index contributed by atoms with van der Waals surface area (Å²) in [6.45, 7) is -0.0238. The van der Waals surface area contributed by atoms with Crippen molar-refractivity contribution in [2.24, 2.45) is 0 Å². The Morgan fingerprint density at radius 3 is 2.71 bits per heavy atom. The number of nitrogens with one attached hydrogen (secondary N) is 1. The molecule has 0 saturated carbocycles. The van der Waals surface area contributed by atoms with Gasteiger partial charge in [0.25, 0.3) is 0 Å². The highest BCUT2D eigenvalue weighted by Gasteiger charge is 2.16. The van der Waals surface area contributed by atoms with Crippen LogP contribution >= 0.6 is 0 Å². The van der Waals surface area contributed by atoms with Crippen molar-refractivity contribution in [1.29, 1.82) is 5.26 Å². The van der Waals surface area contributed by atoms with Crippen molar-refractivity contribution in [2.45, 2.75) is 6.54 Å². The van der Waals surface area contributed by atoms with Gasteiger partial charge in [0.15, 0.2) is 0 Å². The Kier molecular flexibility index (Phi) is 4.09. The monoisotopic (exact) mass is 289 g/mol. The lowest BCUT2D eigenvalue weighted by Gasteiger charge is -2.08. The molecule has 0 aromatic heterocycles. The van der Waals surface area contributed by atoms with E-state index in [1.165, 1.54) is 24.3 Å². The van der Waals surface area contributed by atoms with Crippen LogP contribution in [0.15, 0.2) is 36.4 Å². The summed E-state index contributed by atoms with van der Waals surface area (Å²) in [7, 11) is 0. The number of nitriles is 1. The standard InChI is InChI=1S/C14H9F2N3O2/c15-12-5-4-11(6-10(12)7-17)18-8-9-2-1-3-13(14(9)16)19(20)21/h1-6,18H,8H2. The molecule has 2 rings (SSSR count). The molecular weight excluding hydrogens is 280 g/mol. The summed E-state index contributed by atoms with van der Waals surface area (Å²) >= 11 is 0. The maximum Gasteiger partial charge on any atom is 0.305 e. The number of benzene rings is 2. The number of halogens is 2. The lowest BCUT2D eigenvalue weighted by atomic mass is 10.1. The molecule has 7 heteroatoms. The highest BCUT2D eigenvalue weighted by molar-refractivity contribution is 5.50. The van der Waals surface area contributed by atoms with Gasteiger partial charge in [-0.25, -0.2) is 4.39 Å². The Balaban J connectivity index is 2.19. The first-order chi connectivity index (χ1) is 10.0. The van der Waals surface area contributed by atoms with Gasteiger partial charge < -0.3 is 5.32 Å². The van der Waals surface area contributed by atoms with Gasteiger partial charge in [0.1, 0.15) is 11.9 Å². The predicted molar refractivity (Wildman–Crippen MR) is 71.5 cm³/mol. The lowest BCUT2D eigenvalue weighted by Crippen LogP contribution is -2.04. The molecule has 5 nitrogen and oxygen atoms in total. The van der Waals surface area contributed by atoms with Crippen LogP contribution in [0, 0.1) is 33.1 Å². The van der Waals surface area contributed by atoms with Crippen molar-refractivity contribution in [2.75, 3.05) is 5.32 Å². The zero-order valence-corrected chi connectivity index (χ0v) is 10.6. The third kappa shape index (κ3) is 3.12. The third-order valence-electron chi connectivity index (χ3n) is 2.82. The molecule has 0 radical (unpaired) electrons. The van der Waals surface area contributed by atoms with Gasteiger partial charge in [-0.15, -0.1) is 0 Å². The van der Waals surface area contributed by atoms with Gasteiger partial charge in [0.2, 0.25) is 5.82 Å². The largest absolute Gasteiger partial charge is 0.381 e. The fourth-order valence-electron chi connectivity index (χ4n) is 1.76. The van der Waals surface area contributed by atoms with Crippen LogP contribution in [0.25, 0.3) is 0 Å². The molecule has 0 atom stereocenters. The van der Waals surface area contributed by atoms with Gasteiger partial charge in [0.05, 0.1) is 10.5 Å². The van der Waals surface area contributed by atoms with Gasteiger partial charge in [-0.3, -0.25) is 10.1 Å². The first kappa shape index (κ1) is 14.4. The van der Waals surface area contributed by atoms with E-state index in [9.17, 15) is 18.9 Å². The molecule has 2 aromatic rings. The van der Waals surface area contributed by atoms with E-state index in [1.807, 2.05) is 0 Å². The number of hydrogen-bond donors (Lipinski definition) is 1. The Bertz CT molecular complexity index is 741. The summed E-state index contributed by atoms with van der Waals surface area (Å²) in [4.78, 5) is 9.84. The van der Waals surface area contributed by atoms with Crippen LogP contribution in [-0.2, 0) is 6.54 Å². The van der Waals surface area contributed by atoms with Gasteiger partial charge in [-0.05, 0) is 18.2 Å². The SMILES string of the molecule is N#Cc1cc(NCc2cccc([N+](=O)[O-])c2F)ccc1F. The minimum absolute atomic E-state index is 0.0238. The van der Waals surface area contributed by atoms with Crippen LogP contribution in [0.2, 0.25) is 0 Å². The van der Waals surface area contributed by atoms with E-state index in [4.69, 9.17) is 5.26 Å². The molecule has 21 heavy (non-hydrogen) atoms. The Morgan fingerprint density at radius 2 is 2.05 bits per heavy atom. The van der Waals surface area contributed by atoms with Crippen LogP contribution in [0.3, 0.4) is 0 Å². The molecule has 0 saturated heterocycles. The number of nitrogens with zero attached hydrogens (tertiary/aromatic N) is 2. The van der Waals surface area contributed by atoms with Crippen molar-refractivity contribution in [3.63, 3.8) is 0 Å². The van der Waals surface area contributed by atoms with Crippen molar-refractivity contribution < 1.29 is 13.7 Å². The first-order valence-corrected chi connectivity index (χ1v) is 5.88. The second kappa shape index (κ2) is 5.96. The Morgan fingerprint density at radius 1 is 1.29 bits per heavy atom. The van der Waals surface area contributed by atoms with E-state index in [2.05, 4.69) is 5.32 Å². The maximum absolute atomic E-state index is 13.8. The highest BCUT2D eigenvalue weighted by Crippen LogP contribution is 2.21. The van der Waals surface area contributed by atoms with Crippen LogP contribution in [0.4, 0.5) is 20.2 Å². The first-order valence-electron chi connectivity index (χ1n) is 5.88. The fraction of sp³-hybridized carbons (Fsp3) is 0.0714. The molecule has 0 fully saturated rings. The van der Waals surface area contributed by atoms with Crippen LogP contribution in [0.1, 0.15) is 11.1 Å². The molecular formula is C14H9F2N3O2.